The molecule has 0 spiro atoms. The summed E-state index contributed by atoms with van der Waals surface area (Å²) < 4.78 is 0. The van der Waals surface area contributed by atoms with E-state index in [1.54, 1.807) is 0 Å². The van der Waals surface area contributed by atoms with Gasteiger partial charge in [-0.15, -0.1) is 0 Å². The Kier molecular flexibility index (Phi) is 3.99. The molecule has 0 radical (unpaired) electrons. The van der Waals surface area contributed by atoms with Gasteiger partial charge in [0.05, 0.1) is 0 Å². The van der Waals surface area contributed by atoms with Crippen LogP contribution in [0.2, 0.25) is 0 Å². The van der Waals surface area contributed by atoms with Crippen LogP contribution >= 0.6 is 0 Å². The van der Waals surface area contributed by atoms with Gasteiger partial charge in [-0.3, -0.25) is 4.79 Å². The van der Waals surface area contributed by atoms with Crippen molar-refractivity contribution in [1.82, 2.24) is 5.32 Å². The lowest BCUT2D eigenvalue weighted by atomic mass is 9.84. The Labute approximate surface area is 120 Å². The van der Waals surface area contributed by atoms with E-state index in [2.05, 4.69) is 5.32 Å². The molecule has 112 valence electrons. The number of hydrogen-bond acceptors (Lipinski definition) is 2. The van der Waals surface area contributed by atoms with Crippen molar-refractivity contribution < 1.29 is 14.7 Å². The third-order valence-corrected chi connectivity index (χ3v) is 5.64. The summed E-state index contributed by atoms with van der Waals surface area (Å²) in [4.78, 5) is 23.8. The molecule has 3 unspecified atom stereocenters. The van der Waals surface area contributed by atoms with Crippen LogP contribution in [0.25, 0.3) is 0 Å². The maximum Gasteiger partial charge on any atom is 0.326 e. The van der Waals surface area contributed by atoms with Crippen molar-refractivity contribution in [2.75, 3.05) is 0 Å². The van der Waals surface area contributed by atoms with Gasteiger partial charge in [0.1, 0.15) is 6.04 Å². The number of nitrogens with one attached hydrogen (secondary N) is 1. The fourth-order valence-corrected chi connectivity index (χ4v) is 4.48. The molecule has 2 N–H and O–H groups in total. The van der Waals surface area contributed by atoms with Crippen LogP contribution < -0.4 is 5.32 Å². The number of amides is 1. The number of aliphatic carboxylic acids is 1. The SMILES string of the molecule is O=C(O)C(NC(=O)C1C2CCCCC21)C1CCCCC1. The highest BCUT2D eigenvalue weighted by Gasteiger charge is 2.55. The zero-order chi connectivity index (χ0) is 14.1. The molecule has 3 aliphatic rings. The predicted octanol–water partition coefficient (Wildman–Crippen LogP) is 2.57. The monoisotopic (exact) mass is 279 g/mol. The average molecular weight is 279 g/mol. The van der Waals surface area contributed by atoms with E-state index < -0.39 is 12.0 Å². The van der Waals surface area contributed by atoms with E-state index in [1.807, 2.05) is 0 Å². The molecule has 0 aromatic rings. The normalized spacial score (nSPS) is 34.9. The fraction of sp³-hybridized carbons (Fsp3) is 0.875. The second kappa shape index (κ2) is 5.74. The van der Waals surface area contributed by atoms with E-state index >= 15 is 0 Å². The molecule has 20 heavy (non-hydrogen) atoms. The second-order valence-electron chi connectivity index (χ2n) is 6.86. The molecule has 3 rings (SSSR count). The van der Waals surface area contributed by atoms with Gasteiger partial charge in [0, 0.05) is 5.92 Å². The third-order valence-electron chi connectivity index (χ3n) is 5.64. The molecular weight excluding hydrogens is 254 g/mol. The van der Waals surface area contributed by atoms with Crippen LogP contribution in [0.4, 0.5) is 0 Å². The summed E-state index contributed by atoms with van der Waals surface area (Å²) in [6.45, 7) is 0. The Morgan fingerprint density at radius 1 is 0.900 bits per heavy atom. The largest absolute Gasteiger partial charge is 0.480 e. The highest BCUT2D eigenvalue weighted by Crippen LogP contribution is 2.55. The fourth-order valence-electron chi connectivity index (χ4n) is 4.48. The Balaban J connectivity index is 1.58. The third kappa shape index (κ3) is 2.70. The van der Waals surface area contributed by atoms with E-state index in [9.17, 15) is 14.7 Å². The van der Waals surface area contributed by atoms with Gasteiger partial charge in [-0.25, -0.2) is 4.79 Å². The molecule has 0 aromatic heterocycles. The summed E-state index contributed by atoms with van der Waals surface area (Å²) in [6.07, 6.45) is 10.0. The molecule has 3 aliphatic carbocycles. The second-order valence-corrected chi connectivity index (χ2v) is 6.86. The molecular formula is C16H25NO3. The van der Waals surface area contributed by atoms with Gasteiger partial charge in [0.25, 0.3) is 0 Å². The zero-order valence-electron chi connectivity index (χ0n) is 12.0. The summed E-state index contributed by atoms with van der Waals surface area (Å²) >= 11 is 0. The predicted molar refractivity (Wildman–Crippen MR) is 75.1 cm³/mol. The highest BCUT2D eigenvalue weighted by atomic mass is 16.4. The Morgan fingerprint density at radius 2 is 1.45 bits per heavy atom. The minimum absolute atomic E-state index is 0.0138. The molecule has 3 saturated carbocycles. The number of carbonyl (C=O) groups is 2. The molecule has 0 heterocycles. The van der Waals surface area contributed by atoms with Crippen molar-refractivity contribution in [3.05, 3.63) is 0 Å². The number of rotatable bonds is 4. The van der Waals surface area contributed by atoms with Crippen molar-refractivity contribution >= 4 is 11.9 Å². The molecule has 0 saturated heterocycles. The Morgan fingerprint density at radius 3 is 2.00 bits per heavy atom. The molecule has 0 bridgehead atoms. The summed E-state index contributed by atoms with van der Waals surface area (Å²) in [7, 11) is 0. The van der Waals surface area contributed by atoms with Crippen molar-refractivity contribution in [2.24, 2.45) is 23.7 Å². The van der Waals surface area contributed by atoms with Crippen LogP contribution in [-0.4, -0.2) is 23.0 Å². The van der Waals surface area contributed by atoms with Crippen LogP contribution in [0.1, 0.15) is 57.8 Å². The number of hydrogen-bond donors (Lipinski definition) is 2. The smallest absolute Gasteiger partial charge is 0.326 e. The lowest BCUT2D eigenvalue weighted by molar-refractivity contribution is -0.144. The van der Waals surface area contributed by atoms with Gasteiger partial charge in [0.15, 0.2) is 0 Å². The Hall–Kier alpha value is -1.06. The topological polar surface area (TPSA) is 66.4 Å². The first kappa shape index (κ1) is 13.9. The van der Waals surface area contributed by atoms with Crippen LogP contribution in [0.5, 0.6) is 0 Å². The van der Waals surface area contributed by atoms with Crippen LogP contribution in [-0.2, 0) is 9.59 Å². The van der Waals surface area contributed by atoms with E-state index in [0.717, 1.165) is 38.5 Å². The lowest BCUT2D eigenvalue weighted by Crippen LogP contribution is -2.47. The molecule has 4 nitrogen and oxygen atoms in total. The first-order chi connectivity index (χ1) is 9.68. The molecule has 0 aromatic carbocycles. The zero-order valence-corrected chi connectivity index (χ0v) is 12.0. The maximum absolute atomic E-state index is 12.4. The maximum atomic E-state index is 12.4. The molecule has 1 amide bonds. The average Bonchev–Trinajstić information content (AvgIpc) is 3.19. The summed E-state index contributed by atoms with van der Waals surface area (Å²) in [6, 6.07) is -0.662. The first-order valence-corrected chi connectivity index (χ1v) is 8.21. The highest BCUT2D eigenvalue weighted by molar-refractivity contribution is 5.87. The van der Waals surface area contributed by atoms with Gasteiger partial charge in [0.2, 0.25) is 5.91 Å². The van der Waals surface area contributed by atoms with Crippen molar-refractivity contribution in [3.63, 3.8) is 0 Å². The number of carboxylic acids is 1. The van der Waals surface area contributed by atoms with Crippen molar-refractivity contribution in [2.45, 2.75) is 63.8 Å². The number of carboxylic acid groups (broad SMARTS) is 1. The Bertz CT molecular complexity index is 377. The molecule has 0 aliphatic heterocycles. The minimum Gasteiger partial charge on any atom is -0.480 e. The van der Waals surface area contributed by atoms with Gasteiger partial charge < -0.3 is 10.4 Å². The van der Waals surface area contributed by atoms with Gasteiger partial charge in [-0.2, -0.15) is 0 Å². The van der Waals surface area contributed by atoms with Crippen LogP contribution in [0, 0.1) is 23.7 Å². The molecule has 4 heteroatoms. The van der Waals surface area contributed by atoms with Crippen molar-refractivity contribution in [3.8, 4) is 0 Å². The molecule has 3 fully saturated rings. The quantitative estimate of drug-likeness (QED) is 0.831. The van der Waals surface area contributed by atoms with Crippen LogP contribution in [0.15, 0.2) is 0 Å². The number of fused-ring (bicyclic) bond motifs is 1. The molecule has 3 atom stereocenters. The first-order valence-electron chi connectivity index (χ1n) is 8.21. The van der Waals surface area contributed by atoms with Gasteiger partial charge in [-0.05, 0) is 43.4 Å². The summed E-state index contributed by atoms with van der Waals surface area (Å²) in [5.41, 5.74) is 0. The lowest BCUT2D eigenvalue weighted by Gasteiger charge is -2.28. The standard InChI is InChI=1S/C16H25NO3/c18-15(13-11-8-4-5-9-12(11)13)17-14(16(19)20)10-6-2-1-3-7-10/h10-14H,1-9H2,(H,17,18)(H,19,20). The van der Waals surface area contributed by atoms with Crippen LogP contribution in [0.3, 0.4) is 0 Å². The van der Waals surface area contributed by atoms with E-state index in [-0.39, 0.29) is 17.7 Å². The summed E-state index contributed by atoms with van der Waals surface area (Å²) in [5, 5.41) is 12.3. The minimum atomic E-state index is -0.853. The van der Waals surface area contributed by atoms with Gasteiger partial charge in [-0.1, -0.05) is 32.1 Å². The van der Waals surface area contributed by atoms with E-state index in [1.165, 1.54) is 19.3 Å². The van der Waals surface area contributed by atoms with E-state index in [4.69, 9.17) is 0 Å². The number of carbonyl (C=O) groups excluding carboxylic acids is 1. The van der Waals surface area contributed by atoms with Gasteiger partial charge >= 0.3 is 5.97 Å². The summed E-state index contributed by atoms with van der Waals surface area (Å²) in [5.74, 6) is 0.497. The van der Waals surface area contributed by atoms with E-state index in [0.29, 0.717) is 11.8 Å². The van der Waals surface area contributed by atoms with Crippen molar-refractivity contribution in [1.29, 1.82) is 0 Å².